The van der Waals surface area contributed by atoms with Crippen LogP contribution in [0.5, 0.6) is 23.4 Å². The highest BCUT2D eigenvalue weighted by Crippen LogP contribution is 2.34. The second kappa shape index (κ2) is 7.18. The van der Waals surface area contributed by atoms with E-state index in [-0.39, 0.29) is 23.3 Å². The molecular weight excluding hydrogens is 334 g/mol. The molecule has 7 nitrogen and oxygen atoms in total. The number of nitro groups is 1. The predicted octanol–water partition coefficient (Wildman–Crippen LogP) is 4.89. The maximum atomic E-state index is 11.4. The van der Waals surface area contributed by atoms with Gasteiger partial charge in [0, 0.05) is 0 Å². The van der Waals surface area contributed by atoms with Crippen LogP contribution in [0.15, 0.2) is 48.5 Å². The zero-order valence-electron chi connectivity index (χ0n) is 14.6. The van der Waals surface area contributed by atoms with Gasteiger partial charge < -0.3 is 9.47 Å². The monoisotopic (exact) mass is 351 g/mol. The van der Waals surface area contributed by atoms with Crippen molar-refractivity contribution in [3.8, 4) is 23.4 Å². The van der Waals surface area contributed by atoms with E-state index in [9.17, 15) is 10.1 Å². The van der Waals surface area contributed by atoms with E-state index in [0.29, 0.717) is 11.5 Å². The average Bonchev–Trinajstić information content (AvgIpc) is 2.58. The van der Waals surface area contributed by atoms with Gasteiger partial charge in [0.05, 0.1) is 4.92 Å². The van der Waals surface area contributed by atoms with Gasteiger partial charge in [-0.05, 0) is 45.0 Å². The van der Waals surface area contributed by atoms with Crippen LogP contribution in [-0.2, 0) is 0 Å². The Balaban J connectivity index is 1.97. The lowest BCUT2D eigenvalue weighted by atomic mass is 10.2. The Morgan fingerprint density at radius 2 is 1.31 bits per heavy atom. The fourth-order valence-electron chi connectivity index (χ4n) is 2.27. The summed E-state index contributed by atoms with van der Waals surface area (Å²) in [6.07, 6.45) is 0. The Labute approximate surface area is 150 Å². The van der Waals surface area contributed by atoms with E-state index in [4.69, 9.17) is 9.47 Å². The lowest BCUT2D eigenvalue weighted by Gasteiger charge is -2.10. The van der Waals surface area contributed by atoms with Crippen LogP contribution >= 0.6 is 0 Å². The van der Waals surface area contributed by atoms with Crippen molar-refractivity contribution in [3.05, 3.63) is 75.5 Å². The first-order chi connectivity index (χ1) is 12.4. The van der Waals surface area contributed by atoms with Gasteiger partial charge in [0.1, 0.15) is 17.2 Å². The van der Waals surface area contributed by atoms with Gasteiger partial charge in [-0.1, -0.05) is 35.4 Å². The van der Waals surface area contributed by atoms with E-state index >= 15 is 0 Å². The summed E-state index contributed by atoms with van der Waals surface area (Å²) in [5, 5.41) is 11.4. The van der Waals surface area contributed by atoms with E-state index in [1.54, 1.807) is 24.3 Å². The second-order valence-corrected chi connectivity index (χ2v) is 5.83. The fourth-order valence-corrected chi connectivity index (χ4v) is 2.27. The van der Waals surface area contributed by atoms with Gasteiger partial charge in [-0.2, -0.15) is 9.97 Å². The minimum atomic E-state index is -0.561. The zero-order valence-corrected chi connectivity index (χ0v) is 14.6. The number of nitrogens with zero attached hydrogens (tertiary/aromatic N) is 3. The third kappa shape index (κ3) is 3.94. The number of benzene rings is 2. The van der Waals surface area contributed by atoms with Crippen molar-refractivity contribution < 1.29 is 14.4 Å². The van der Waals surface area contributed by atoms with E-state index in [1.165, 1.54) is 6.92 Å². The molecule has 0 bridgehead atoms. The van der Waals surface area contributed by atoms with Gasteiger partial charge in [-0.25, -0.2) is 0 Å². The summed E-state index contributed by atoms with van der Waals surface area (Å²) in [7, 11) is 0. The van der Waals surface area contributed by atoms with Crippen LogP contribution in [0.25, 0.3) is 0 Å². The molecule has 0 fully saturated rings. The molecule has 2 aromatic carbocycles. The number of aromatic nitrogens is 2. The number of rotatable bonds is 5. The molecule has 0 unspecified atom stereocenters. The first kappa shape index (κ1) is 17.3. The molecular formula is C19H17N3O4. The number of ether oxygens (including phenoxy) is 2. The van der Waals surface area contributed by atoms with Crippen molar-refractivity contribution in [3.63, 3.8) is 0 Å². The molecule has 0 amide bonds. The quantitative estimate of drug-likeness (QED) is 0.480. The summed E-state index contributed by atoms with van der Waals surface area (Å²) < 4.78 is 11.3. The summed E-state index contributed by atoms with van der Waals surface area (Å²) in [6, 6.07) is 14.4. The molecule has 0 aliphatic heterocycles. The molecule has 26 heavy (non-hydrogen) atoms. The highest BCUT2D eigenvalue weighted by Gasteiger charge is 2.25. The van der Waals surface area contributed by atoms with Crippen LogP contribution < -0.4 is 9.47 Å². The Morgan fingerprint density at radius 3 is 1.81 bits per heavy atom. The van der Waals surface area contributed by atoms with Crippen LogP contribution in [0.4, 0.5) is 5.69 Å². The van der Waals surface area contributed by atoms with E-state index in [2.05, 4.69) is 9.97 Å². The normalized spacial score (nSPS) is 10.4. The molecule has 7 heteroatoms. The minimum absolute atomic E-state index is 0.0148. The lowest BCUT2D eigenvalue weighted by molar-refractivity contribution is -0.386. The largest absolute Gasteiger partial charge is 0.434 e. The first-order valence-electron chi connectivity index (χ1n) is 7.94. The molecule has 0 spiro atoms. The Hall–Kier alpha value is -3.48. The molecule has 1 aromatic heterocycles. The lowest BCUT2D eigenvalue weighted by Crippen LogP contribution is -2.03. The summed E-state index contributed by atoms with van der Waals surface area (Å²) in [6.45, 7) is 5.42. The van der Waals surface area contributed by atoms with Gasteiger partial charge in [-0.15, -0.1) is 0 Å². The Morgan fingerprint density at radius 1 is 0.808 bits per heavy atom. The molecule has 1 heterocycles. The van der Waals surface area contributed by atoms with Crippen molar-refractivity contribution in [2.75, 3.05) is 0 Å². The molecule has 0 radical (unpaired) electrons. The molecule has 0 aliphatic rings. The van der Waals surface area contributed by atoms with E-state index in [1.807, 2.05) is 38.1 Å². The summed E-state index contributed by atoms with van der Waals surface area (Å²) >= 11 is 0. The van der Waals surface area contributed by atoms with Crippen molar-refractivity contribution >= 4 is 5.69 Å². The molecule has 0 N–H and O–H groups in total. The van der Waals surface area contributed by atoms with Crippen LogP contribution in [-0.4, -0.2) is 14.9 Å². The summed E-state index contributed by atoms with van der Waals surface area (Å²) in [5.41, 5.74) is 2.01. The van der Waals surface area contributed by atoms with Gasteiger partial charge >= 0.3 is 17.6 Å². The second-order valence-electron chi connectivity index (χ2n) is 5.83. The van der Waals surface area contributed by atoms with Crippen LogP contribution in [0.2, 0.25) is 0 Å². The first-order valence-corrected chi connectivity index (χ1v) is 7.94. The van der Waals surface area contributed by atoms with Crippen LogP contribution in [0, 0.1) is 30.9 Å². The zero-order chi connectivity index (χ0) is 18.7. The maximum absolute atomic E-state index is 11.4. The highest BCUT2D eigenvalue weighted by molar-refractivity contribution is 5.48. The molecule has 0 atom stereocenters. The van der Waals surface area contributed by atoms with E-state index in [0.717, 1.165) is 11.1 Å². The molecule has 0 saturated carbocycles. The van der Waals surface area contributed by atoms with Gasteiger partial charge in [0.2, 0.25) is 0 Å². The van der Waals surface area contributed by atoms with Gasteiger partial charge in [0.25, 0.3) is 0 Å². The van der Waals surface area contributed by atoms with E-state index < -0.39 is 4.92 Å². The topological polar surface area (TPSA) is 87.4 Å². The summed E-state index contributed by atoms with van der Waals surface area (Å²) in [5.74, 6) is 0.816. The molecule has 0 aliphatic carbocycles. The van der Waals surface area contributed by atoms with Crippen molar-refractivity contribution in [2.24, 2.45) is 0 Å². The molecule has 3 aromatic rings. The minimum Gasteiger partial charge on any atom is -0.434 e. The number of hydrogen-bond donors (Lipinski definition) is 0. The molecule has 0 saturated heterocycles. The average molecular weight is 351 g/mol. The Bertz CT molecular complexity index is 938. The SMILES string of the molecule is Cc1ccc(Oc2nc(C)c([N+](=O)[O-])c(Oc3ccc(C)cc3)n2)cc1. The molecule has 132 valence electrons. The van der Waals surface area contributed by atoms with Crippen molar-refractivity contribution in [2.45, 2.75) is 20.8 Å². The van der Waals surface area contributed by atoms with Gasteiger partial charge in [-0.3, -0.25) is 10.1 Å². The molecule has 3 rings (SSSR count). The van der Waals surface area contributed by atoms with Crippen LogP contribution in [0.3, 0.4) is 0 Å². The highest BCUT2D eigenvalue weighted by atomic mass is 16.6. The smallest absolute Gasteiger partial charge is 0.352 e. The third-order valence-electron chi connectivity index (χ3n) is 3.65. The fraction of sp³-hybridized carbons (Fsp3) is 0.158. The standard InChI is InChI=1S/C19H17N3O4/c1-12-4-8-15(9-5-12)25-18-17(22(23)24)14(3)20-19(21-18)26-16-10-6-13(2)7-11-16/h4-11H,1-3H3. The number of hydrogen-bond acceptors (Lipinski definition) is 6. The van der Waals surface area contributed by atoms with Crippen molar-refractivity contribution in [1.29, 1.82) is 0 Å². The van der Waals surface area contributed by atoms with Crippen LogP contribution in [0.1, 0.15) is 16.8 Å². The third-order valence-corrected chi connectivity index (χ3v) is 3.65. The Kier molecular flexibility index (Phi) is 4.79. The summed E-state index contributed by atoms with van der Waals surface area (Å²) in [4.78, 5) is 19.0. The predicted molar refractivity (Wildman–Crippen MR) is 95.9 cm³/mol. The number of aryl methyl sites for hydroxylation is 3. The maximum Gasteiger partial charge on any atom is 0.352 e. The van der Waals surface area contributed by atoms with Crippen molar-refractivity contribution in [1.82, 2.24) is 9.97 Å². The van der Waals surface area contributed by atoms with Gasteiger partial charge in [0.15, 0.2) is 0 Å².